The summed E-state index contributed by atoms with van der Waals surface area (Å²) in [4.78, 5) is 16.6. The van der Waals surface area contributed by atoms with Crippen molar-refractivity contribution in [2.24, 2.45) is 5.73 Å². The number of amides is 1. The van der Waals surface area contributed by atoms with E-state index in [4.69, 9.17) is 10.5 Å². The first-order valence-corrected chi connectivity index (χ1v) is 8.49. The summed E-state index contributed by atoms with van der Waals surface area (Å²) in [6.45, 7) is 7.52. The second kappa shape index (κ2) is 8.31. The number of ether oxygens (including phenoxy) is 1. The molecule has 1 heterocycles. The van der Waals surface area contributed by atoms with Crippen molar-refractivity contribution in [2.45, 2.75) is 38.8 Å². The maximum absolute atomic E-state index is 12.3. The molecule has 1 amide bonds. The number of nitrogens with two attached hydrogens (primary N) is 1. The van der Waals surface area contributed by atoms with Gasteiger partial charge in [0.25, 0.3) is 0 Å². The smallest absolute Gasteiger partial charge is 0.239 e. The Balaban J connectivity index is 1.91. The fourth-order valence-electron chi connectivity index (χ4n) is 3.11. The van der Waals surface area contributed by atoms with Gasteiger partial charge in [0.2, 0.25) is 5.91 Å². The molecule has 23 heavy (non-hydrogen) atoms. The fraction of sp³-hybridized carbons (Fsp3) is 0.611. The SMILES string of the molecule is CCC[C@H](N)C(=O)N1CCN([C@@H](C)c2cccc(OC)c2)CC1. The summed E-state index contributed by atoms with van der Waals surface area (Å²) < 4.78 is 5.30. The van der Waals surface area contributed by atoms with Gasteiger partial charge in [0.15, 0.2) is 0 Å². The monoisotopic (exact) mass is 319 g/mol. The van der Waals surface area contributed by atoms with E-state index in [2.05, 4.69) is 30.9 Å². The van der Waals surface area contributed by atoms with Gasteiger partial charge >= 0.3 is 0 Å². The minimum atomic E-state index is -0.345. The second-order valence-corrected chi connectivity index (χ2v) is 6.21. The third kappa shape index (κ3) is 4.45. The first-order chi connectivity index (χ1) is 11.1. The van der Waals surface area contributed by atoms with E-state index in [9.17, 15) is 4.79 Å². The summed E-state index contributed by atoms with van der Waals surface area (Å²) in [7, 11) is 1.69. The Hall–Kier alpha value is -1.59. The summed E-state index contributed by atoms with van der Waals surface area (Å²) in [5.74, 6) is 0.981. The summed E-state index contributed by atoms with van der Waals surface area (Å²) in [6.07, 6.45) is 1.71. The molecule has 1 aromatic rings. The van der Waals surface area contributed by atoms with Crippen molar-refractivity contribution in [3.63, 3.8) is 0 Å². The highest BCUT2D eigenvalue weighted by molar-refractivity contribution is 5.81. The summed E-state index contributed by atoms with van der Waals surface area (Å²) in [5, 5.41) is 0. The first-order valence-electron chi connectivity index (χ1n) is 8.49. The number of hydrogen-bond acceptors (Lipinski definition) is 4. The Bertz CT molecular complexity index is 513. The van der Waals surface area contributed by atoms with Crippen molar-refractivity contribution >= 4 is 5.91 Å². The molecule has 1 fully saturated rings. The largest absolute Gasteiger partial charge is 0.497 e. The Morgan fingerprint density at radius 2 is 2.00 bits per heavy atom. The number of carbonyl (C=O) groups excluding carboxylic acids is 1. The van der Waals surface area contributed by atoms with Crippen molar-refractivity contribution in [3.8, 4) is 5.75 Å². The zero-order chi connectivity index (χ0) is 16.8. The lowest BCUT2D eigenvalue weighted by Gasteiger charge is -2.39. The minimum Gasteiger partial charge on any atom is -0.497 e. The zero-order valence-electron chi connectivity index (χ0n) is 14.5. The molecule has 2 atom stereocenters. The summed E-state index contributed by atoms with van der Waals surface area (Å²) in [5.41, 5.74) is 7.20. The summed E-state index contributed by atoms with van der Waals surface area (Å²) >= 11 is 0. The van der Waals surface area contributed by atoms with Gasteiger partial charge in [0.1, 0.15) is 5.75 Å². The maximum Gasteiger partial charge on any atom is 0.239 e. The van der Waals surface area contributed by atoms with Crippen LogP contribution in [0, 0.1) is 0 Å². The van der Waals surface area contributed by atoms with Gasteiger partial charge in [-0.05, 0) is 31.0 Å². The Kier molecular flexibility index (Phi) is 6.42. The number of benzene rings is 1. The van der Waals surface area contributed by atoms with E-state index in [1.807, 2.05) is 17.0 Å². The van der Waals surface area contributed by atoms with E-state index in [0.29, 0.717) is 6.04 Å². The Labute approximate surface area is 139 Å². The van der Waals surface area contributed by atoms with Crippen LogP contribution in [0.5, 0.6) is 5.75 Å². The van der Waals surface area contributed by atoms with Crippen LogP contribution in [0.4, 0.5) is 0 Å². The molecule has 0 saturated carbocycles. The van der Waals surface area contributed by atoms with E-state index < -0.39 is 0 Å². The van der Waals surface area contributed by atoms with Crippen LogP contribution in [-0.4, -0.2) is 55.0 Å². The van der Waals surface area contributed by atoms with E-state index in [-0.39, 0.29) is 11.9 Å². The van der Waals surface area contributed by atoms with Crippen LogP contribution in [0.1, 0.15) is 38.3 Å². The third-order valence-corrected chi connectivity index (χ3v) is 4.67. The molecule has 1 aromatic carbocycles. The molecule has 128 valence electrons. The first kappa shape index (κ1) is 17.8. The van der Waals surface area contributed by atoms with Crippen LogP contribution in [0.2, 0.25) is 0 Å². The molecule has 0 radical (unpaired) electrons. The van der Waals surface area contributed by atoms with Crippen LogP contribution in [0.3, 0.4) is 0 Å². The van der Waals surface area contributed by atoms with E-state index >= 15 is 0 Å². The van der Waals surface area contributed by atoms with Crippen LogP contribution < -0.4 is 10.5 Å². The van der Waals surface area contributed by atoms with E-state index in [0.717, 1.165) is 44.8 Å². The molecule has 0 aliphatic carbocycles. The van der Waals surface area contributed by atoms with Gasteiger partial charge in [-0.25, -0.2) is 0 Å². The second-order valence-electron chi connectivity index (χ2n) is 6.21. The van der Waals surface area contributed by atoms with Crippen molar-refractivity contribution in [3.05, 3.63) is 29.8 Å². The van der Waals surface area contributed by atoms with Gasteiger partial charge in [-0.3, -0.25) is 9.69 Å². The molecule has 0 aromatic heterocycles. The molecular formula is C18H29N3O2. The van der Waals surface area contributed by atoms with Crippen LogP contribution in [-0.2, 0) is 4.79 Å². The molecule has 0 bridgehead atoms. The van der Waals surface area contributed by atoms with Gasteiger partial charge in [-0.1, -0.05) is 25.5 Å². The standard InChI is InChI=1S/C18H29N3O2/c1-4-6-17(19)18(22)21-11-9-20(10-12-21)14(2)15-7-5-8-16(13-15)23-3/h5,7-8,13-14,17H,4,6,9-12,19H2,1-3H3/t14-,17-/m0/s1. The number of hydrogen-bond donors (Lipinski definition) is 1. The van der Waals surface area contributed by atoms with Gasteiger partial charge in [0, 0.05) is 32.2 Å². The van der Waals surface area contributed by atoms with Crippen molar-refractivity contribution in [1.82, 2.24) is 9.80 Å². The number of piperazine rings is 1. The molecule has 2 N–H and O–H groups in total. The zero-order valence-corrected chi connectivity index (χ0v) is 14.5. The normalized spacial score (nSPS) is 18.5. The predicted molar refractivity (Wildman–Crippen MR) is 92.4 cm³/mol. The Morgan fingerprint density at radius 3 is 2.61 bits per heavy atom. The molecular weight excluding hydrogens is 290 g/mol. The van der Waals surface area contributed by atoms with Crippen LogP contribution in [0.25, 0.3) is 0 Å². The topological polar surface area (TPSA) is 58.8 Å². The molecule has 5 heteroatoms. The van der Waals surface area contributed by atoms with Gasteiger partial charge in [-0.15, -0.1) is 0 Å². The van der Waals surface area contributed by atoms with Gasteiger partial charge in [-0.2, -0.15) is 0 Å². The maximum atomic E-state index is 12.3. The van der Waals surface area contributed by atoms with Crippen LogP contribution >= 0.6 is 0 Å². The summed E-state index contributed by atoms with van der Waals surface area (Å²) in [6, 6.07) is 8.16. The highest BCUT2D eigenvalue weighted by Crippen LogP contribution is 2.25. The highest BCUT2D eigenvalue weighted by atomic mass is 16.5. The predicted octanol–water partition coefficient (Wildman–Crippen LogP) is 2.03. The Morgan fingerprint density at radius 1 is 1.30 bits per heavy atom. The highest BCUT2D eigenvalue weighted by Gasteiger charge is 2.27. The fourth-order valence-corrected chi connectivity index (χ4v) is 3.11. The number of carbonyl (C=O) groups is 1. The van der Waals surface area contributed by atoms with Crippen LogP contribution in [0.15, 0.2) is 24.3 Å². The number of rotatable bonds is 6. The van der Waals surface area contributed by atoms with Crippen molar-refractivity contribution in [1.29, 1.82) is 0 Å². The van der Waals surface area contributed by atoms with E-state index in [1.54, 1.807) is 7.11 Å². The number of methoxy groups -OCH3 is 1. The molecule has 1 saturated heterocycles. The third-order valence-electron chi connectivity index (χ3n) is 4.67. The lowest BCUT2D eigenvalue weighted by Crippen LogP contribution is -2.53. The van der Waals surface area contributed by atoms with Crippen molar-refractivity contribution < 1.29 is 9.53 Å². The van der Waals surface area contributed by atoms with Crippen molar-refractivity contribution in [2.75, 3.05) is 33.3 Å². The van der Waals surface area contributed by atoms with Gasteiger partial charge in [0.05, 0.1) is 13.2 Å². The molecule has 2 rings (SSSR count). The average Bonchev–Trinajstić information content (AvgIpc) is 2.60. The quantitative estimate of drug-likeness (QED) is 0.871. The van der Waals surface area contributed by atoms with E-state index in [1.165, 1.54) is 5.56 Å². The molecule has 0 spiro atoms. The lowest BCUT2D eigenvalue weighted by molar-refractivity contribution is -0.134. The molecule has 1 aliphatic rings. The molecule has 5 nitrogen and oxygen atoms in total. The number of nitrogens with zero attached hydrogens (tertiary/aromatic N) is 2. The molecule has 0 unspecified atom stereocenters. The average molecular weight is 319 g/mol. The molecule has 1 aliphatic heterocycles. The minimum absolute atomic E-state index is 0.0977. The van der Waals surface area contributed by atoms with Gasteiger partial charge < -0.3 is 15.4 Å². The lowest BCUT2D eigenvalue weighted by atomic mass is 10.1.